The van der Waals surface area contributed by atoms with Crippen molar-refractivity contribution in [2.45, 2.75) is 43.8 Å². The molecular weight excluding hydrogens is 340 g/mol. The van der Waals surface area contributed by atoms with E-state index in [-0.39, 0.29) is 0 Å². The number of aryl methyl sites for hydroxylation is 1. The third-order valence-corrected chi connectivity index (χ3v) is 5.26. The first kappa shape index (κ1) is 18.9. The Morgan fingerprint density at radius 1 is 1.12 bits per heavy atom. The highest BCUT2D eigenvalue weighted by molar-refractivity contribution is 7.81. The van der Waals surface area contributed by atoms with E-state index in [2.05, 4.69) is 42.3 Å². The molecule has 24 heavy (non-hydrogen) atoms. The topological polar surface area (TPSA) is 46.5 Å². The van der Waals surface area contributed by atoms with Gasteiger partial charge in [-0.25, -0.2) is 0 Å². The Kier molecular flexibility index (Phi) is 8.19. The van der Waals surface area contributed by atoms with Crippen molar-refractivity contribution in [1.82, 2.24) is 0 Å². The molecule has 0 aliphatic carbocycles. The van der Waals surface area contributed by atoms with Crippen LogP contribution < -0.4 is 4.74 Å². The smallest absolute Gasteiger partial charge is 0.316 e. The quantitative estimate of drug-likeness (QED) is 0.442. The number of aliphatic carboxylic acids is 1. The summed E-state index contributed by atoms with van der Waals surface area (Å²) in [5, 5.41) is 10.3. The monoisotopic (exact) mass is 364 g/mol. The predicted molar refractivity (Wildman–Crippen MR) is 103 cm³/mol. The van der Waals surface area contributed by atoms with Crippen LogP contribution in [-0.2, 0) is 17.6 Å². The molecule has 130 valence electrons. The molecule has 1 aromatic carbocycles. The highest BCUT2D eigenvalue weighted by Gasteiger charge is 2.10. The van der Waals surface area contributed by atoms with Gasteiger partial charge in [0, 0.05) is 11.3 Å². The number of carboxylic acids is 1. The van der Waals surface area contributed by atoms with Crippen LogP contribution in [0.1, 0.15) is 36.1 Å². The minimum atomic E-state index is -0.826. The fourth-order valence-electron chi connectivity index (χ4n) is 2.44. The fourth-order valence-corrected chi connectivity index (χ4v) is 3.32. The van der Waals surface area contributed by atoms with Crippen molar-refractivity contribution < 1.29 is 14.6 Å². The normalized spacial score (nSPS) is 12.0. The van der Waals surface area contributed by atoms with Crippen LogP contribution >= 0.6 is 24.0 Å². The average molecular weight is 365 g/mol. The number of thiophene rings is 1. The van der Waals surface area contributed by atoms with Crippen LogP contribution in [0.2, 0.25) is 0 Å². The van der Waals surface area contributed by atoms with Crippen LogP contribution in [0, 0.1) is 0 Å². The number of unbranched alkanes of at least 4 members (excludes halogenated alkanes) is 2. The summed E-state index contributed by atoms with van der Waals surface area (Å²) in [4.78, 5) is 12.0. The molecule has 1 heterocycles. The molecule has 0 fully saturated rings. The van der Waals surface area contributed by atoms with E-state index < -0.39 is 11.2 Å². The maximum atomic E-state index is 10.7. The van der Waals surface area contributed by atoms with Crippen LogP contribution in [0.4, 0.5) is 0 Å². The zero-order valence-corrected chi connectivity index (χ0v) is 15.4. The number of hydrogen-bond donors (Lipinski definition) is 2. The molecule has 0 radical (unpaired) electrons. The molecule has 0 aliphatic rings. The summed E-state index contributed by atoms with van der Waals surface area (Å²) in [7, 11) is 0. The molecule has 0 spiro atoms. The van der Waals surface area contributed by atoms with E-state index in [1.54, 1.807) is 11.3 Å². The second-order valence-corrected chi connectivity index (χ2v) is 7.43. The van der Waals surface area contributed by atoms with Crippen molar-refractivity contribution in [3.05, 3.63) is 52.2 Å². The molecule has 1 unspecified atom stereocenters. The summed E-state index contributed by atoms with van der Waals surface area (Å²) in [6.45, 7) is 0.703. The van der Waals surface area contributed by atoms with E-state index in [4.69, 9.17) is 9.84 Å². The highest BCUT2D eigenvalue weighted by Crippen LogP contribution is 2.16. The van der Waals surface area contributed by atoms with Crippen molar-refractivity contribution in [3.63, 3.8) is 0 Å². The molecule has 0 saturated heterocycles. The Bertz CT molecular complexity index is 594. The SMILES string of the molecule is O=C(O)C(S)CCCCCc1ccc(OCCc2cccs2)cc1. The van der Waals surface area contributed by atoms with E-state index in [0.717, 1.165) is 37.9 Å². The number of carbonyl (C=O) groups is 1. The van der Waals surface area contributed by atoms with Gasteiger partial charge in [-0.15, -0.1) is 11.3 Å². The lowest BCUT2D eigenvalue weighted by Crippen LogP contribution is -2.12. The molecule has 1 aromatic heterocycles. The molecule has 3 nitrogen and oxygen atoms in total. The maximum absolute atomic E-state index is 10.7. The number of benzene rings is 1. The second kappa shape index (κ2) is 10.4. The Hall–Kier alpha value is -1.46. The Balaban J connectivity index is 1.60. The fraction of sp³-hybridized carbons (Fsp3) is 0.421. The van der Waals surface area contributed by atoms with Crippen LogP contribution in [0.15, 0.2) is 41.8 Å². The van der Waals surface area contributed by atoms with Crippen LogP contribution in [0.25, 0.3) is 0 Å². The standard InChI is InChI=1S/C19H24O3S2/c20-19(21)18(23)7-3-1-2-5-15-8-10-16(11-9-15)22-13-12-17-6-4-14-24-17/h4,6,8-11,14,18,23H,1-3,5,7,12-13H2,(H,20,21). The van der Waals surface area contributed by atoms with E-state index in [9.17, 15) is 4.79 Å². The highest BCUT2D eigenvalue weighted by atomic mass is 32.1. The lowest BCUT2D eigenvalue weighted by Gasteiger charge is -2.07. The minimum Gasteiger partial charge on any atom is -0.493 e. The third kappa shape index (κ3) is 6.97. The molecule has 0 bridgehead atoms. The summed E-state index contributed by atoms with van der Waals surface area (Å²) in [5.41, 5.74) is 1.29. The van der Waals surface area contributed by atoms with Crippen LogP contribution in [0.3, 0.4) is 0 Å². The number of thiol groups is 1. The van der Waals surface area contributed by atoms with Gasteiger partial charge in [-0.3, -0.25) is 4.79 Å². The molecule has 0 aliphatic heterocycles. The Morgan fingerprint density at radius 3 is 2.58 bits per heavy atom. The van der Waals surface area contributed by atoms with E-state index in [1.165, 1.54) is 10.4 Å². The van der Waals surface area contributed by atoms with Crippen LogP contribution in [0.5, 0.6) is 5.75 Å². The number of hydrogen-bond acceptors (Lipinski definition) is 4. The van der Waals surface area contributed by atoms with Crippen LogP contribution in [-0.4, -0.2) is 22.9 Å². The molecule has 5 heteroatoms. The first-order valence-electron chi connectivity index (χ1n) is 8.30. The second-order valence-electron chi connectivity index (χ2n) is 5.78. The zero-order chi connectivity index (χ0) is 17.2. The first-order chi connectivity index (χ1) is 11.6. The largest absolute Gasteiger partial charge is 0.493 e. The number of ether oxygens (including phenoxy) is 1. The third-order valence-electron chi connectivity index (χ3n) is 3.85. The van der Waals surface area contributed by atoms with Crippen molar-refractivity contribution in [2.24, 2.45) is 0 Å². The van der Waals surface area contributed by atoms with Gasteiger partial charge in [-0.05, 0) is 48.4 Å². The molecule has 0 amide bonds. The van der Waals surface area contributed by atoms with Gasteiger partial charge in [0.15, 0.2) is 0 Å². The Labute approximate surface area is 153 Å². The van der Waals surface area contributed by atoms with Gasteiger partial charge in [-0.2, -0.15) is 12.6 Å². The maximum Gasteiger partial charge on any atom is 0.316 e. The average Bonchev–Trinajstić information content (AvgIpc) is 3.09. The summed E-state index contributed by atoms with van der Waals surface area (Å²) < 4.78 is 5.77. The lowest BCUT2D eigenvalue weighted by atomic mass is 10.1. The summed E-state index contributed by atoms with van der Waals surface area (Å²) in [6.07, 6.45) is 5.60. The van der Waals surface area contributed by atoms with E-state index in [0.29, 0.717) is 13.0 Å². The van der Waals surface area contributed by atoms with Gasteiger partial charge < -0.3 is 9.84 Å². The molecule has 1 N–H and O–H groups in total. The number of rotatable bonds is 11. The van der Waals surface area contributed by atoms with Gasteiger partial charge in [0.1, 0.15) is 5.75 Å². The first-order valence-corrected chi connectivity index (χ1v) is 9.70. The number of carboxylic acid groups (broad SMARTS) is 1. The van der Waals surface area contributed by atoms with E-state index in [1.807, 2.05) is 12.1 Å². The van der Waals surface area contributed by atoms with Gasteiger partial charge in [0.05, 0.1) is 11.9 Å². The minimum absolute atomic E-state index is 0.532. The summed E-state index contributed by atoms with van der Waals surface area (Å²) in [5.74, 6) is 0.0858. The summed E-state index contributed by atoms with van der Waals surface area (Å²) >= 11 is 5.80. The van der Waals surface area contributed by atoms with Gasteiger partial charge in [-0.1, -0.05) is 31.0 Å². The molecule has 1 atom stereocenters. The molecule has 0 saturated carbocycles. The zero-order valence-electron chi connectivity index (χ0n) is 13.7. The van der Waals surface area contributed by atoms with Crippen molar-refractivity contribution in [1.29, 1.82) is 0 Å². The van der Waals surface area contributed by atoms with Crippen molar-refractivity contribution in [2.75, 3.05) is 6.61 Å². The molecule has 2 aromatic rings. The van der Waals surface area contributed by atoms with E-state index >= 15 is 0 Å². The Morgan fingerprint density at radius 2 is 1.92 bits per heavy atom. The van der Waals surface area contributed by atoms with Gasteiger partial charge in [0.2, 0.25) is 0 Å². The van der Waals surface area contributed by atoms with Gasteiger partial charge >= 0.3 is 5.97 Å². The van der Waals surface area contributed by atoms with Crippen molar-refractivity contribution in [3.8, 4) is 5.75 Å². The van der Waals surface area contributed by atoms with Crippen molar-refractivity contribution >= 4 is 29.9 Å². The van der Waals surface area contributed by atoms with Gasteiger partial charge in [0.25, 0.3) is 0 Å². The predicted octanol–water partition coefficient (Wildman–Crippen LogP) is 4.86. The lowest BCUT2D eigenvalue weighted by molar-refractivity contribution is -0.136. The molecule has 2 rings (SSSR count). The summed E-state index contributed by atoms with van der Waals surface area (Å²) in [6, 6.07) is 12.5. The molecular formula is C19H24O3S2.